The van der Waals surface area contributed by atoms with Crippen molar-refractivity contribution in [1.82, 2.24) is 0 Å². The van der Waals surface area contributed by atoms with Gasteiger partial charge in [-0.2, -0.15) is 0 Å². The van der Waals surface area contributed by atoms with Gasteiger partial charge in [-0.1, -0.05) is 6.07 Å². The van der Waals surface area contributed by atoms with Crippen molar-refractivity contribution < 1.29 is 33.0 Å². The van der Waals surface area contributed by atoms with Gasteiger partial charge in [-0.25, -0.2) is 4.79 Å². The zero-order valence-corrected chi connectivity index (χ0v) is 15.7. The maximum absolute atomic E-state index is 12.8. The van der Waals surface area contributed by atoms with E-state index in [1.807, 2.05) is 12.1 Å². The summed E-state index contributed by atoms with van der Waals surface area (Å²) in [6.07, 6.45) is 0.538. The van der Waals surface area contributed by atoms with Crippen LogP contribution in [-0.2, 0) is 11.2 Å². The maximum Gasteiger partial charge on any atom is 0.343 e. The van der Waals surface area contributed by atoms with Gasteiger partial charge in [0.15, 0.2) is 35.1 Å². The summed E-state index contributed by atoms with van der Waals surface area (Å²) in [7, 11) is 4.36. The molecule has 0 aliphatic carbocycles. The summed E-state index contributed by atoms with van der Waals surface area (Å²) < 4.78 is 28.8. The van der Waals surface area contributed by atoms with Crippen molar-refractivity contribution in [3.05, 3.63) is 46.5 Å². The molecule has 0 fully saturated rings. The molecule has 0 spiro atoms. The van der Waals surface area contributed by atoms with Gasteiger partial charge in [0.2, 0.25) is 13.6 Å². The number of fused-ring (bicyclic) bond motifs is 5. The SMILES string of the molecule is C[N+]1(C)CCc2cc3c(cc2[C@@H]1[C@@H]1OC(=O)c2c1ccc1c2OCO1)OCO3. The molecule has 0 amide bonds. The van der Waals surface area contributed by atoms with Crippen LogP contribution < -0.4 is 18.9 Å². The molecule has 0 saturated carbocycles. The molecule has 2 aromatic rings. The molecule has 0 bridgehead atoms. The Kier molecular flexibility index (Phi) is 3.05. The lowest BCUT2D eigenvalue weighted by molar-refractivity contribution is -0.927. The molecule has 144 valence electrons. The van der Waals surface area contributed by atoms with Gasteiger partial charge in [-0.05, 0) is 23.8 Å². The van der Waals surface area contributed by atoms with Crippen molar-refractivity contribution in [3.8, 4) is 23.0 Å². The number of likely N-dealkylation sites (N-methyl/N-ethyl adjacent to an activating group) is 1. The Hall–Kier alpha value is -2.93. The van der Waals surface area contributed by atoms with Crippen LogP contribution in [0.25, 0.3) is 0 Å². The number of ether oxygens (including phenoxy) is 5. The third-order valence-corrected chi connectivity index (χ3v) is 6.27. The highest BCUT2D eigenvalue weighted by molar-refractivity contribution is 5.98. The van der Waals surface area contributed by atoms with Crippen LogP contribution in [0.4, 0.5) is 0 Å². The van der Waals surface area contributed by atoms with E-state index in [1.54, 1.807) is 0 Å². The molecule has 4 aliphatic heterocycles. The number of hydrogen-bond acceptors (Lipinski definition) is 6. The fourth-order valence-corrected chi connectivity index (χ4v) is 4.85. The fourth-order valence-electron chi connectivity index (χ4n) is 4.85. The van der Waals surface area contributed by atoms with Gasteiger partial charge in [-0.15, -0.1) is 0 Å². The summed E-state index contributed by atoms with van der Waals surface area (Å²) >= 11 is 0. The minimum atomic E-state index is -0.397. The Bertz CT molecular complexity index is 1030. The summed E-state index contributed by atoms with van der Waals surface area (Å²) in [5.74, 6) is 2.28. The molecule has 0 saturated heterocycles. The van der Waals surface area contributed by atoms with Crippen LogP contribution in [0.15, 0.2) is 24.3 Å². The number of cyclic esters (lactones) is 1. The summed E-state index contributed by atoms with van der Waals surface area (Å²) in [4.78, 5) is 12.8. The van der Waals surface area contributed by atoms with Crippen molar-refractivity contribution in [2.24, 2.45) is 0 Å². The van der Waals surface area contributed by atoms with E-state index in [4.69, 9.17) is 23.7 Å². The summed E-state index contributed by atoms with van der Waals surface area (Å²) in [6.45, 7) is 1.30. The average molecular weight is 382 g/mol. The van der Waals surface area contributed by atoms with Gasteiger partial charge < -0.3 is 28.2 Å². The van der Waals surface area contributed by atoms with E-state index < -0.39 is 6.10 Å². The van der Waals surface area contributed by atoms with Gasteiger partial charge in [0, 0.05) is 17.5 Å². The molecular formula is C21H20NO6+. The molecule has 0 N–H and O–H groups in total. The monoisotopic (exact) mass is 382 g/mol. The number of carbonyl (C=O) groups is 1. The molecule has 2 atom stereocenters. The Labute approximate surface area is 161 Å². The van der Waals surface area contributed by atoms with Crippen LogP contribution in [0.2, 0.25) is 0 Å². The minimum Gasteiger partial charge on any atom is -0.454 e. The quantitative estimate of drug-likeness (QED) is 0.558. The predicted octanol–water partition coefficient (Wildman–Crippen LogP) is 2.73. The van der Waals surface area contributed by atoms with Crippen molar-refractivity contribution in [3.63, 3.8) is 0 Å². The zero-order chi connectivity index (χ0) is 19.0. The zero-order valence-electron chi connectivity index (χ0n) is 15.7. The predicted molar refractivity (Wildman–Crippen MR) is 96.7 cm³/mol. The number of carbonyl (C=O) groups excluding carboxylic acids is 1. The van der Waals surface area contributed by atoms with E-state index in [0.29, 0.717) is 21.5 Å². The molecular weight excluding hydrogens is 362 g/mol. The Morgan fingerprint density at radius 1 is 0.929 bits per heavy atom. The first-order valence-electron chi connectivity index (χ1n) is 9.41. The highest BCUT2D eigenvalue weighted by Gasteiger charge is 2.50. The number of hydrogen-bond donors (Lipinski definition) is 0. The third-order valence-electron chi connectivity index (χ3n) is 6.27. The molecule has 2 aromatic carbocycles. The van der Waals surface area contributed by atoms with Crippen LogP contribution >= 0.6 is 0 Å². The lowest BCUT2D eigenvalue weighted by Crippen LogP contribution is -2.50. The number of quaternary nitrogens is 1. The van der Waals surface area contributed by atoms with Gasteiger partial charge >= 0.3 is 5.97 Å². The smallest absolute Gasteiger partial charge is 0.343 e. The first kappa shape index (κ1) is 16.1. The van der Waals surface area contributed by atoms with E-state index in [9.17, 15) is 4.79 Å². The number of nitrogens with zero attached hydrogens (tertiary/aromatic N) is 1. The number of benzene rings is 2. The molecule has 0 radical (unpaired) electrons. The Morgan fingerprint density at radius 2 is 1.68 bits per heavy atom. The van der Waals surface area contributed by atoms with Crippen molar-refractivity contribution in [2.45, 2.75) is 18.6 Å². The molecule has 6 rings (SSSR count). The summed E-state index contributed by atoms with van der Waals surface area (Å²) in [6, 6.07) is 7.87. The van der Waals surface area contributed by atoms with Gasteiger partial charge in [-0.3, -0.25) is 0 Å². The van der Waals surface area contributed by atoms with E-state index >= 15 is 0 Å². The van der Waals surface area contributed by atoms with E-state index in [0.717, 1.165) is 35.6 Å². The van der Waals surface area contributed by atoms with Crippen molar-refractivity contribution in [2.75, 3.05) is 34.2 Å². The lowest BCUT2D eigenvalue weighted by Gasteiger charge is -2.44. The van der Waals surface area contributed by atoms with Gasteiger partial charge in [0.1, 0.15) is 5.56 Å². The van der Waals surface area contributed by atoms with Crippen molar-refractivity contribution in [1.29, 1.82) is 0 Å². The standard InChI is InChI=1S/C21H20NO6/c1-22(2)6-5-11-7-15-16(26-9-25-15)8-13(11)18(22)19-12-3-4-14-20(27-10-24-14)17(12)21(23)28-19/h3-4,7-8,18-19H,5-6,9-10H2,1-2H3/q+1/t18-,19-/m1/s1. The Balaban J connectivity index is 1.52. The molecule has 0 aromatic heterocycles. The largest absolute Gasteiger partial charge is 0.454 e. The first-order chi connectivity index (χ1) is 13.5. The maximum atomic E-state index is 12.8. The van der Waals surface area contributed by atoms with Crippen LogP contribution in [0, 0.1) is 0 Å². The first-order valence-corrected chi connectivity index (χ1v) is 9.41. The number of esters is 1. The third kappa shape index (κ3) is 2.05. The second-order valence-corrected chi connectivity index (χ2v) is 8.19. The fraction of sp³-hybridized carbons (Fsp3) is 0.381. The molecule has 7 heteroatoms. The summed E-state index contributed by atoms with van der Waals surface area (Å²) in [5, 5.41) is 0. The van der Waals surface area contributed by atoms with E-state index in [2.05, 4.69) is 26.2 Å². The summed E-state index contributed by atoms with van der Waals surface area (Å²) in [5.41, 5.74) is 3.71. The van der Waals surface area contributed by atoms with E-state index in [-0.39, 0.29) is 25.6 Å². The van der Waals surface area contributed by atoms with Crippen LogP contribution in [0.3, 0.4) is 0 Å². The van der Waals surface area contributed by atoms with E-state index in [1.165, 1.54) is 5.56 Å². The highest BCUT2D eigenvalue weighted by atomic mass is 16.7. The second-order valence-electron chi connectivity index (χ2n) is 8.19. The topological polar surface area (TPSA) is 63.2 Å². The number of rotatable bonds is 1. The minimum absolute atomic E-state index is 0.0520. The average Bonchev–Trinajstić information content (AvgIpc) is 3.37. The normalized spacial score (nSPS) is 25.3. The van der Waals surface area contributed by atoms with Crippen LogP contribution in [0.5, 0.6) is 23.0 Å². The molecule has 28 heavy (non-hydrogen) atoms. The molecule has 7 nitrogen and oxygen atoms in total. The molecule has 4 heterocycles. The van der Waals surface area contributed by atoms with Crippen LogP contribution in [-0.4, -0.2) is 44.7 Å². The Morgan fingerprint density at radius 3 is 2.54 bits per heavy atom. The highest BCUT2D eigenvalue weighted by Crippen LogP contribution is 2.53. The van der Waals surface area contributed by atoms with Crippen molar-refractivity contribution >= 4 is 5.97 Å². The molecule has 0 unspecified atom stereocenters. The van der Waals surface area contributed by atoms with Gasteiger partial charge in [0.05, 0.1) is 20.6 Å². The van der Waals surface area contributed by atoms with Crippen LogP contribution in [0.1, 0.15) is 39.2 Å². The second kappa shape index (κ2) is 5.32. The molecule has 4 aliphatic rings. The lowest BCUT2D eigenvalue weighted by atomic mass is 9.84. The van der Waals surface area contributed by atoms with Gasteiger partial charge in [0.25, 0.3) is 0 Å².